The topological polar surface area (TPSA) is 35.5 Å². The predicted octanol–water partition coefficient (Wildman–Crippen LogP) is 8.47. The first kappa shape index (κ1) is 34.0. The molecular formula is C31H52O3. The van der Waals surface area contributed by atoms with Gasteiger partial charge in [0.05, 0.1) is 7.11 Å². The summed E-state index contributed by atoms with van der Waals surface area (Å²) < 4.78 is 8.36. The molecule has 2 aromatic carbocycles. The van der Waals surface area contributed by atoms with Crippen molar-refractivity contribution < 1.29 is 14.3 Å². The van der Waals surface area contributed by atoms with Gasteiger partial charge in [-0.05, 0) is 45.9 Å². The van der Waals surface area contributed by atoms with Gasteiger partial charge in [0.1, 0.15) is 0 Å². The first-order chi connectivity index (χ1) is 15.6. The largest absolute Gasteiger partial charge is 0.469 e. The lowest BCUT2D eigenvalue weighted by atomic mass is 9.72. The van der Waals surface area contributed by atoms with Gasteiger partial charge in [-0.3, -0.25) is 4.79 Å². The highest BCUT2D eigenvalue weighted by Gasteiger charge is 2.55. The summed E-state index contributed by atoms with van der Waals surface area (Å²) in [5.41, 5.74) is 7.02. The number of carbonyl (C=O) groups excluding carboxylic acids is 1. The summed E-state index contributed by atoms with van der Waals surface area (Å²) in [5, 5.41) is 0. The molecule has 34 heavy (non-hydrogen) atoms. The molecule has 4 rings (SSSR count). The molecule has 0 atom stereocenters. The Morgan fingerprint density at radius 2 is 0.912 bits per heavy atom. The van der Waals surface area contributed by atoms with E-state index in [1.54, 1.807) is 36.5 Å². The van der Waals surface area contributed by atoms with Crippen molar-refractivity contribution in [1.82, 2.24) is 0 Å². The highest BCUT2D eigenvalue weighted by molar-refractivity contribution is 5.65. The molecule has 0 aliphatic heterocycles. The van der Waals surface area contributed by atoms with E-state index in [4.69, 9.17) is 0 Å². The van der Waals surface area contributed by atoms with Crippen molar-refractivity contribution in [2.45, 2.75) is 98.8 Å². The van der Waals surface area contributed by atoms with E-state index >= 15 is 0 Å². The van der Waals surface area contributed by atoms with Gasteiger partial charge < -0.3 is 9.47 Å². The number of rotatable bonds is 0. The zero-order valence-corrected chi connectivity index (χ0v) is 23.3. The quantitative estimate of drug-likeness (QED) is 0.361. The second-order valence-corrected chi connectivity index (χ2v) is 9.40. The lowest BCUT2D eigenvalue weighted by Gasteiger charge is -2.30. The minimum atomic E-state index is -0.245. The number of hydrogen-bond acceptors (Lipinski definition) is 3. The molecular weight excluding hydrogens is 420 g/mol. The minimum absolute atomic E-state index is 0. The maximum atomic E-state index is 9.59. The smallest absolute Gasteiger partial charge is 0.302 e. The fraction of sp³-hybridized carbons (Fsp3) is 0.581. The van der Waals surface area contributed by atoms with E-state index in [1.165, 1.54) is 26.9 Å². The van der Waals surface area contributed by atoms with Crippen LogP contribution >= 0.6 is 0 Å². The number of esters is 1. The summed E-state index contributed by atoms with van der Waals surface area (Å²) in [5.74, 6) is -0.245. The maximum absolute atomic E-state index is 9.59. The van der Waals surface area contributed by atoms with Crippen LogP contribution in [0.3, 0.4) is 0 Å². The third-order valence-electron chi connectivity index (χ3n) is 6.12. The number of carbonyl (C=O) groups is 1. The molecule has 3 nitrogen and oxygen atoms in total. The van der Waals surface area contributed by atoms with Gasteiger partial charge in [-0.2, -0.15) is 0 Å². The average Bonchev–Trinajstić information content (AvgIpc) is 3.18. The van der Waals surface area contributed by atoms with Crippen LogP contribution in [0.5, 0.6) is 0 Å². The summed E-state index contributed by atoms with van der Waals surface area (Å²) in [6.45, 7) is 19.0. The number of methoxy groups -OCH3 is 2. The van der Waals surface area contributed by atoms with Crippen molar-refractivity contribution in [2.24, 2.45) is 0 Å². The Hall–Kier alpha value is -2.13. The first-order valence-electron chi connectivity index (χ1n) is 12.2. The average molecular weight is 473 g/mol. The van der Waals surface area contributed by atoms with Crippen LogP contribution in [0.1, 0.15) is 105 Å². The van der Waals surface area contributed by atoms with E-state index in [0.717, 1.165) is 0 Å². The van der Waals surface area contributed by atoms with Crippen LogP contribution < -0.4 is 0 Å². The van der Waals surface area contributed by atoms with Crippen molar-refractivity contribution >= 4 is 5.97 Å². The molecule has 2 aliphatic rings. The minimum Gasteiger partial charge on any atom is -0.469 e. The van der Waals surface area contributed by atoms with Crippen LogP contribution in [0.15, 0.2) is 48.5 Å². The first-order valence-corrected chi connectivity index (χ1v) is 12.2. The Bertz CT molecular complexity index is 786. The Labute approximate surface area is 211 Å². The number of hydrogen-bond donors (Lipinski definition) is 0. The molecule has 0 aromatic heterocycles. The Kier molecular flexibility index (Phi) is 15.0. The fourth-order valence-corrected chi connectivity index (χ4v) is 5.27. The van der Waals surface area contributed by atoms with Crippen molar-refractivity contribution in [2.75, 3.05) is 21.3 Å². The van der Waals surface area contributed by atoms with Crippen LogP contribution in [-0.4, -0.2) is 27.3 Å². The highest BCUT2D eigenvalue weighted by atomic mass is 16.5. The highest BCUT2D eigenvalue weighted by Crippen LogP contribution is 2.62. The molecule has 0 bridgehead atoms. The van der Waals surface area contributed by atoms with Crippen LogP contribution in [0.2, 0.25) is 0 Å². The van der Waals surface area contributed by atoms with E-state index in [-0.39, 0.29) is 29.6 Å². The summed E-state index contributed by atoms with van der Waals surface area (Å²) in [6.07, 6.45) is 2.47. The number of benzene rings is 2. The zero-order chi connectivity index (χ0) is 25.9. The third-order valence-corrected chi connectivity index (χ3v) is 6.12. The van der Waals surface area contributed by atoms with Gasteiger partial charge >= 0.3 is 5.97 Å². The summed E-state index contributed by atoms with van der Waals surface area (Å²) in [4.78, 5) is 9.59. The Morgan fingerprint density at radius 1 is 0.676 bits per heavy atom. The van der Waals surface area contributed by atoms with Gasteiger partial charge in [0.15, 0.2) is 0 Å². The van der Waals surface area contributed by atoms with Crippen molar-refractivity contribution in [3.63, 3.8) is 0 Å². The van der Waals surface area contributed by atoms with Crippen LogP contribution in [-0.2, 0) is 30.5 Å². The maximum Gasteiger partial charge on any atom is 0.302 e. The molecule has 194 valence electrons. The fourth-order valence-electron chi connectivity index (χ4n) is 5.27. The van der Waals surface area contributed by atoms with Crippen molar-refractivity contribution in [3.8, 4) is 0 Å². The molecule has 0 unspecified atom stereocenters. The van der Waals surface area contributed by atoms with Crippen LogP contribution in [0.4, 0.5) is 0 Å². The molecule has 0 heterocycles. The van der Waals surface area contributed by atoms with Gasteiger partial charge in [0.25, 0.3) is 0 Å². The lowest BCUT2D eigenvalue weighted by Crippen LogP contribution is -2.26. The molecule has 0 N–H and O–H groups in total. The molecule has 3 heteroatoms. The number of ether oxygens (including phenoxy) is 2. The van der Waals surface area contributed by atoms with Gasteiger partial charge in [0.2, 0.25) is 0 Å². The SMILES string of the molecule is C.CC.CC.CC1(C)CC2(CC(C)(C)c3ccccc32)c2ccccc21.COC.COC(C)=O. The molecule has 0 radical (unpaired) electrons. The van der Waals surface area contributed by atoms with Crippen LogP contribution in [0, 0.1) is 0 Å². The molecule has 1 spiro atoms. The standard InChI is InChI=1S/C21H24.C3H6O2.C2H6O.2C2H6.CH4/c1-19(2)13-21(17-11-7-5-9-15(17)19)14-20(3,4)16-10-6-8-12-18(16)21;1-3(4)5-2;1-3-2;2*1-2;/h5-12H,13-14H2,1-4H3;1-2H3;1-2H3;2*1-2H3;1H4. The third kappa shape index (κ3) is 7.43. The van der Waals surface area contributed by atoms with Gasteiger partial charge in [0, 0.05) is 26.6 Å². The zero-order valence-electron chi connectivity index (χ0n) is 23.3. The predicted molar refractivity (Wildman–Crippen MR) is 149 cm³/mol. The molecule has 0 fully saturated rings. The van der Waals surface area contributed by atoms with Gasteiger partial charge in [-0.15, -0.1) is 0 Å². The normalized spacial score (nSPS) is 16.1. The van der Waals surface area contributed by atoms with E-state index < -0.39 is 0 Å². The van der Waals surface area contributed by atoms with Crippen molar-refractivity contribution in [1.29, 1.82) is 0 Å². The molecule has 2 aromatic rings. The van der Waals surface area contributed by atoms with Gasteiger partial charge in [-0.1, -0.05) is 111 Å². The van der Waals surface area contributed by atoms with E-state index in [1.807, 2.05) is 27.7 Å². The molecule has 0 saturated heterocycles. The summed E-state index contributed by atoms with van der Waals surface area (Å²) in [7, 11) is 4.60. The second kappa shape index (κ2) is 15.0. The molecule has 0 saturated carbocycles. The van der Waals surface area contributed by atoms with E-state index in [2.05, 4.69) is 85.7 Å². The summed E-state index contributed by atoms with van der Waals surface area (Å²) in [6, 6.07) is 18.3. The lowest BCUT2D eigenvalue weighted by molar-refractivity contribution is -0.137. The van der Waals surface area contributed by atoms with Crippen molar-refractivity contribution in [3.05, 3.63) is 70.8 Å². The van der Waals surface area contributed by atoms with E-state index in [9.17, 15) is 4.79 Å². The van der Waals surface area contributed by atoms with Gasteiger partial charge in [-0.25, -0.2) is 0 Å². The van der Waals surface area contributed by atoms with Crippen LogP contribution in [0.25, 0.3) is 0 Å². The molecule has 0 amide bonds. The summed E-state index contributed by atoms with van der Waals surface area (Å²) >= 11 is 0. The second-order valence-electron chi connectivity index (χ2n) is 9.40. The van der Waals surface area contributed by atoms with E-state index in [0.29, 0.717) is 0 Å². The monoisotopic (exact) mass is 472 g/mol. The molecule has 2 aliphatic carbocycles. The number of fused-ring (bicyclic) bond motifs is 4. The Morgan fingerprint density at radius 3 is 1.15 bits per heavy atom. The Balaban J connectivity index is 0.